The summed E-state index contributed by atoms with van der Waals surface area (Å²) < 4.78 is 1.04. The van der Waals surface area contributed by atoms with Gasteiger partial charge in [-0.25, -0.2) is 9.36 Å². The van der Waals surface area contributed by atoms with Gasteiger partial charge in [0, 0.05) is 0 Å². The molecule has 3 rings (SSSR count). The molecule has 0 bridgehead atoms. The number of hydrogen-bond acceptors (Lipinski definition) is 5. The molecule has 7 heteroatoms. The first-order chi connectivity index (χ1) is 12.9. The fourth-order valence-corrected chi connectivity index (χ4v) is 2.68. The Morgan fingerprint density at radius 2 is 1.74 bits per heavy atom. The van der Waals surface area contributed by atoms with Crippen molar-refractivity contribution in [2.75, 3.05) is 5.43 Å². The predicted octanol–water partition coefficient (Wildman–Crippen LogP) is 2.68. The van der Waals surface area contributed by atoms with Crippen molar-refractivity contribution < 1.29 is 5.11 Å². The summed E-state index contributed by atoms with van der Waals surface area (Å²) in [5.41, 5.74) is 4.86. The van der Waals surface area contributed by atoms with E-state index in [1.165, 1.54) is 0 Å². The molecule has 0 radical (unpaired) electrons. The molecule has 0 fully saturated rings. The van der Waals surface area contributed by atoms with E-state index in [1.807, 2.05) is 50.2 Å². The van der Waals surface area contributed by atoms with Crippen LogP contribution in [-0.2, 0) is 0 Å². The first kappa shape index (κ1) is 18.2. The molecule has 0 unspecified atom stereocenters. The fourth-order valence-electron chi connectivity index (χ4n) is 2.68. The van der Waals surface area contributed by atoms with Gasteiger partial charge in [0.25, 0.3) is 5.56 Å². The van der Waals surface area contributed by atoms with Crippen LogP contribution in [-0.4, -0.2) is 20.4 Å². The third kappa shape index (κ3) is 3.67. The summed E-state index contributed by atoms with van der Waals surface area (Å²) in [4.78, 5) is 26.8. The zero-order valence-corrected chi connectivity index (χ0v) is 15.3. The third-order valence-corrected chi connectivity index (χ3v) is 4.23. The Hall–Kier alpha value is -3.61. The molecule has 0 saturated carbocycles. The highest BCUT2D eigenvalue weighted by molar-refractivity contribution is 6.00. The Balaban J connectivity index is 2.07. The van der Waals surface area contributed by atoms with Crippen LogP contribution in [0.1, 0.15) is 23.6 Å². The maximum absolute atomic E-state index is 12.3. The van der Waals surface area contributed by atoms with Crippen molar-refractivity contribution in [3.8, 4) is 11.6 Å². The van der Waals surface area contributed by atoms with Crippen LogP contribution in [0.2, 0.25) is 0 Å². The van der Waals surface area contributed by atoms with E-state index in [9.17, 15) is 14.7 Å². The highest BCUT2D eigenvalue weighted by atomic mass is 16.3. The molecular weight excluding hydrogens is 344 g/mol. The minimum Gasteiger partial charge on any atom is -0.493 e. The lowest BCUT2D eigenvalue weighted by Crippen LogP contribution is -2.33. The Kier molecular flexibility index (Phi) is 4.94. The molecule has 0 spiro atoms. The van der Waals surface area contributed by atoms with E-state index in [0.29, 0.717) is 5.69 Å². The van der Waals surface area contributed by atoms with E-state index in [2.05, 4.69) is 15.5 Å². The maximum atomic E-state index is 12.3. The average molecular weight is 364 g/mol. The van der Waals surface area contributed by atoms with Crippen molar-refractivity contribution in [3.05, 3.63) is 86.1 Å². The first-order valence-electron chi connectivity index (χ1n) is 8.40. The number of aromatic nitrogens is 2. The quantitative estimate of drug-likeness (QED) is 0.489. The van der Waals surface area contributed by atoms with Crippen molar-refractivity contribution in [3.63, 3.8) is 0 Å². The van der Waals surface area contributed by atoms with Gasteiger partial charge in [0.05, 0.1) is 17.1 Å². The van der Waals surface area contributed by atoms with Crippen LogP contribution in [0.3, 0.4) is 0 Å². The molecule has 2 aromatic carbocycles. The number of nitrogens with zero attached hydrogens (tertiary/aromatic N) is 2. The van der Waals surface area contributed by atoms with Gasteiger partial charge in [0.2, 0.25) is 5.88 Å². The van der Waals surface area contributed by atoms with Crippen LogP contribution in [0, 0.1) is 13.8 Å². The number of H-pyrrole nitrogens is 1. The van der Waals surface area contributed by atoms with Gasteiger partial charge in [-0.2, -0.15) is 5.10 Å². The summed E-state index contributed by atoms with van der Waals surface area (Å²) in [6.45, 7) is 5.42. The molecular formula is C20H20N4O3. The van der Waals surface area contributed by atoms with Crippen LogP contribution in [0.4, 0.5) is 5.69 Å². The van der Waals surface area contributed by atoms with Gasteiger partial charge in [-0.1, -0.05) is 35.9 Å². The number of nitrogens with one attached hydrogen (secondary N) is 2. The summed E-state index contributed by atoms with van der Waals surface area (Å²) in [6.07, 6.45) is 0. The van der Waals surface area contributed by atoms with Crippen LogP contribution < -0.4 is 16.7 Å². The van der Waals surface area contributed by atoms with Gasteiger partial charge in [-0.15, -0.1) is 0 Å². The lowest BCUT2D eigenvalue weighted by molar-refractivity contribution is 0.429. The summed E-state index contributed by atoms with van der Waals surface area (Å²) in [5.74, 6) is -0.458. The van der Waals surface area contributed by atoms with Gasteiger partial charge in [-0.05, 0) is 44.5 Å². The minimum absolute atomic E-state index is 0.0729. The normalized spacial score (nSPS) is 11.4. The number of para-hydroxylation sites is 1. The molecule has 3 aromatic rings. The van der Waals surface area contributed by atoms with E-state index in [-0.39, 0.29) is 11.3 Å². The maximum Gasteiger partial charge on any atom is 0.335 e. The van der Waals surface area contributed by atoms with Crippen molar-refractivity contribution in [1.82, 2.24) is 9.55 Å². The van der Waals surface area contributed by atoms with Crippen molar-refractivity contribution in [2.45, 2.75) is 20.8 Å². The number of rotatable bonds is 4. The molecule has 1 heterocycles. The van der Waals surface area contributed by atoms with Crippen molar-refractivity contribution >= 4 is 11.4 Å². The second-order valence-corrected chi connectivity index (χ2v) is 6.25. The van der Waals surface area contributed by atoms with Crippen LogP contribution in [0.5, 0.6) is 5.88 Å². The Morgan fingerprint density at radius 1 is 1.07 bits per heavy atom. The van der Waals surface area contributed by atoms with Gasteiger partial charge in [0.1, 0.15) is 5.56 Å². The minimum atomic E-state index is -0.718. The predicted molar refractivity (Wildman–Crippen MR) is 106 cm³/mol. The fraction of sp³-hybridized carbons (Fsp3) is 0.150. The lowest BCUT2D eigenvalue weighted by Gasteiger charge is -2.12. The topological polar surface area (TPSA) is 99.5 Å². The van der Waals surface area contributed by atoms with Gasteiger partial charge in [-0.3, -0.25) is 15.2 Å². The summed E-state index contributed by atoms with van der Waals surface area (Å²) in [6, 6.07) is 14.6. The molecule has 0 amide bonds. The summed E-state index contributed by atoms with van der Waals surface area (Å²) in [7, 11) is 0. The third-order valence-electron chi connectivity index (χ3n) is 4.23. The average Bonchev–Trinajstić information content (AvgIpc) is 2.62. The number of benzene rings is 2. The van der Waals surface area contributed by atoms with Crippen molar-refractivity contribution in [2.24, 2.45) is 5.10 Å². The molecule has 0 saturated heterocycles. The number of anilines is 1. The Labute approximate surface area is 155 Å². The molecule has 138 valence electrons. The van der Waals surface area contributed by atoms with Crippen molar-refractivity contribution in [1.29, 1.82) is 0 Å². The van der Waals surface area contributed by atoms with E-state index in [4.69, 9.17) is 0 Å². The van der Waals surface area contributed by atoms with E-state index in [1.54, 1.807) is 19.1 Å². The first-order valence-corrected chi connectivity index (χ1v) is 8.40. The molecule has 7 nitrogen and oxygen atoms in total. The number of aromatic hydroxyl groups is 1. The number of aryl methyl sites for hydroxylation is 2. The standard InChI is InChI=1S/C20H20N4O3/c1-12-8-10-15(11-9-12)24-19(26)17(18(25)21-20(24)27)14(3)22-23-16-7-5-4-6-13(16)2/h4-11,23,26H,1-3H3,(H,21,25,27). The number of aromatic amines is 1. The van der Waals surface area contributed by atoms with Crippen LogP contribution in [0.25, 0.3) is 5.69 Å². The van der Waals surface area contributed by atoms with Gasteiger partial charge in [0.15, 0.2) is 0 Å². The lowest BCUT2D eigenvalue weighted by atomic mass is 10.2. The zero-order valence-electron chi connectivity index (χ0n) is 15.3. The highest BCUT2D eigenvalue weighted by Gasteiger charge is 2.18. The van der Waals surface area contributed by atoms with Crippen LogP contribution >= 0.6 is 0 Å². The van der Waals surface area contributed by atoms with Gasteiger partial charge < -0.3 is 5.11 Å². The number of hydrazone groups is 1. The molecule has 0 aliphatic carbocycles. The monoisotopic (exact) mass is 364 g/mol. The summed E-state index contributed by atoms with van der Waals surface area (Å²) in [5, 5.41) is 14.8. The molecule has 0 atom stereocenters. The highest BCUT2D eigenvalue weighted by Crippen LogP contribution is 2.18. The van der Waals surface area contributed by atoms with E-state index < -0.39 is 17.1 Å². The SMILES string of the molecule is CC(=NNc1ccccc1C)c1c(O)n(-c2ccc(C)cc2)c(=O)[nH]c1=O. The summed E-state index contributed by atoms with van der Waals surface area (Å²) >= 11 is 0. The van der Waals surface area contributed by atoms with Crippen LogP contribution in [0.15, 0.2) is 63.2 Å². The number of hydrogen-bond donors (Lipinski definition) is 3. The molecule has 0 aliphatic rings. The molecule has 0 aliphatic heterocycles. The second-order valence-electron chi connectivity index (χ2n) is 6.25. The van der Waals surface area contributed by atoms with Gasteiger partial charge >= 0.3 is 5.69 Å². The largest absolute Gasteiger partial charge is 0.493 e. The second kappa shape index (κ2) is 7.33. The van der Waals surface area contributed by atoms with E-state index >= 15 is 0 Å². The Bertz CT molecular complexity index is 1130. The smallest absolute Gasteiger partial charge is 0.335 e. The molecule has 1 aromatic heterocycles. The zero-order chi connectivity index (χ0) is 19.6. The molecule has 3 N–H and O–H groups in total. The van der Waals surface area contributed by atoms with E-state index in [0.717, 1.165) is 21.4 Å². The molecule has 27 heavy (non-hydrogen) atoms. The Morgan fingerprint density at radius 3 is 2.41 bits per heavy atom.